The SMILES string of the molecule is CC(Nc1cc(Cl)cc(Cl)c1)c1cc(O)cc(O)c1. The molecule has 0 amide bonds. The van der Waals surface area contributed by atoms with E-state index >= 15 is 0 Å². The third-order valence-corrected chi connectivity index (χ3v) is 3.11. The van der Waals surface area contributed by atoms with Crippen LogP contribution in [-0.2, 0) is 0 Å². The minimum atomic E-state index is -0.118. The lowest BCUT2D eigenvalue weighted by Crippen LogP contribution is -2.06. The highest BCUT2D eigenvalue weighted by atomic mass is 35.5. The molecule has 0 radical (unpaired) electrons. The van der Waals surface area contributed by atoms with Crippen molar-refractivity contribution in [2.75, 3.05) is 5.32 Å². The minimum absolute atomic E-state index is 0.0211. The van der Waals surface area contributed by atoms with Crippen molar-refractivity contribution in [1.82, 2.24) is 0 Å². The Bertz CT molecular complexity index is 561. The number of phenolic OH excluding ortho intramolecular Hbond substituents is 2. The molecule has 19 heavy (non-hydrogen) atoms. The first kappa shape index (κ1) is 13.8. The second-order valence-electron chi connectivity index (χ2n) is 4.31. The summed E-state index contributed by atoms with van der Waals surface area (Å²) in [6.45, 7) is 1.91. The highest BCUT2D eigenvalue weighted by molar-refractivity contribution is 6.35. The van der Waals surface area contributed by atoms with Crippen molar-refractivity contribution in [2.45, 2.75) is 13.0 Å². The van der Waals surface area contributed by atoms with E-state index in [2.05, 4.69) is 5.32 Å². The van der Waals surface area contributed by atoms with E-state index in [9.17, 15) is 10.2 Å². The van der Waals surface area contributed by atoms with Crippen molar-refractivity contribution in [3.8, 4) is 11.5 Å². The Morgan fingerprint density at radius 2 is 1.42 bits per heavy atom. The minimum Gasteiger partial charge on any atom is -0.508 e. The summed E-state index contributed by atoms with van der Waals surface area (Å²) < 4.78 is 0. The van der Waals surface area contributed by atoms with E-state index in [0.717, 1.165) is 11.3 Å². The third kappa shape index (κ3) is 3.69. The summed E-state index contributed by atoms with van der Waals surface area (Å²) in [5.41, 5.74) is 1.53. The zero-order chi connectivity index (χ0) is 14.0. The Morgan fingerprint density at radius 1 is 0.895 bits per heavy atom. The van der Waals surface area contributed by atoms with E-state index in [-0.39, 0.29) is 17.5 Å². The van der Waals surface area contributed by atoms with E-state index in [1.54, 1.807) is 30.3 Å². The maximum absolute atomic E-state index is 9.47. The van der Waals surface area contributed by atoms with Crippen molar-refractivity contribution in [3.05, 3.63) is 52.0 Å². The lowest BCUT2D eigenvalue weighted by molar-refractivity contribution is 0.448. The van der Waals surface area contributed by atoms with Gasteiger partial charge in [-0.2, -0.15) is 0 Å². The number of anilines is 1. The first-order chi connectivity index (χ1) is 8.94. The van der Waals surface area contributed by atoms with Crippen LogP contribution in [0.3, 0.4) is 0 Å². The Kier molecular flexibility index (Phi) is 4.08. The molecule has 0 aromatic heterocycles. The van der Waals surface area contributed by atoms with Gasteiger partial charge in [-0.05, 0) is 42.8 Å². The second kappa shape index (κ2) is 5.59. The lowest BCUT2D eigenvalue weighted by Gasteiger charge is -2.16. The molecule has 0 bridgehead atoms. The summed E-state index contributed by atoms with van der Waals surface area (Å²) in [6.07, 6.45) is 0. The molecule has 1 unspecified atom stereocenters. The zero-order valence-electron chi connectivity index (χ0n) is 10.2. The molecule has 1 atom stereocenters. The highest BCUT2D eigenvalue weighted by Crippen LogP contribution is 2.29. The van der Waals surface area contributed by atoms with Gasteiger partial charge in [0.15, 0.2) is 0 Å². The summed E-state index contributed by atoms with van der Waals surface area (Å²) in [5.74, 6) is 0.0422. The van der Waals surface area contributed by atoms with Crippen LogP contribution in [0.1, 0.15) is 18.5 Å². The molecule has 0 heterocycles. The summed E-state index contributed by atoms with van der Waals surface area (Å²) in [5, 5.41) is 23.2. The molecule has 3 nitrogen and oxygen atoms in total. The highest BCUT2D eigenvalue weighted by Gasteiger charge is 2.09. The maximum Gasteiger partial charge on any atom is 0.119 e. The number of hydrogen-bond donors (Lipinski definition) is 3. The number of hydrogen-bond acceptors (Lipinski definition) is 3. The molecule has 0 fully saturated rings. The molecule has 0 saturated carbocycles. The zero-order valence-corrected chi connectivity index (χ0v) is 11.7. The van der Waals surface area contributed by atoms with E-state index in [4.69, 9.17) is 23.2 Å². The van der Waals surface area contributed by atoms with Crippen molar-refractivity contribution < 1.29 is 10.2 Å². The van der Waals surface area contributed by atoms with Gasteiger partial charge in [-0.3, -0.25) is 0 Å². The van der Waals surface area contributed by atoms with Gasteiger partial charge >= 0.3 is 0 Å². The standard InChI is InChI=1S/C14H13Cl2NO2/c1-8(9-2-13(18)7-14(19)3-9)17-12-5-10(15)4-11(16)6-12/h2-8,17-19H,1H3. The fourth-order valence-electron chi connectivity index (χ4n) is 1.84. The fourth-order valence-corrected chi connectivity index (χ4v) is 2.36. The molecule has 0 saturated heterocycles. The van der Waals surface area contributed by atoms with Crippen LogP contribution < -0.4 is 5.32 Å². The topological polar surface area (TPSA) is 52.5 Å². The normalized spacial score (nSPS) is 12.2. The fraction of sp³-hybridized carbons (Fsp3) is 0.143. The number of aromatic hydroxyl groups is 2. The van der Waals surface area contributed by atoms with Crippen molar-refractivity contribution in [2.24, 2.45) is 0 Å². The first-order valence-electron chi connectivity index (χ1n) is 5.69. The van der Waals surface area contributed by atoms with E-state index < -0.39 is 0 Å². The van der Waals surface area contributed by atoms with Crippen LogP contribution in [0.15, 0.2) is 36.4 Å². The largest absolute Gasteiger partial charge is 0.508 e. The lowest BCUT2D eigenvalue weighted by atomic mass is 10.1. The van der Waals surface area contributed by atoms with Gasteiger partial charge in [0.2, 0.25) is 0 Å². The quantitative estimate of drug-likeness (QED) is 0.777. The van der Waals surface area contributed by atoms with Gasteiger partial charge in [-0.25, -0.2) is 0 Å². The van der Waals surface area contributed by atoms with E-state index in [1.165, 1.54) is 6.07 Å². The number of halogens is 2. The van der Waals surface area contributed by atoms with Crippen LogP contribution in [0.2, 0.25) is 10.0 Å². The number of phenols is 2. The van der Waals surface area contributed by atoms with Crippen LogP contribution in [0.5, 0.6) is 11.5 Å². The maximum atomic E-state index is 9.47. The molecule has 2 aromatic carbocycles. The van der Waals surface area contributed by atoms with Crippen LogP contribution in [0, 0.1) is 0 Å². The number of benzene rings is 2. The third-order valence-electron chi connectivity index (χ3n) is 2.67. The van der Waals surface area contributed by atoms with Gasteiger partial charge in [-0.1, -0.05) is 23.2 Å². The summed E-state index contributed by atoms with van der Waals surface area (Å²) in [6, 6.07) is 9.50. The van der Waals surface area contributed by atoms with Crippen molar-refractivity contribution in [1.29, 1.82) is 0 Å². The van der Waals surface area contributed by atoms with E-state index in [0.29, 0.717) is 10.0 Å². The number of nitrogens with one attached hydrogen (secondary N) is 1. The predicted molar refractivity (Wildman–Crippen MR) is 78.3 cm³/mol. The molecule has 0 spiro atoms. The average molecular weight is 298 g/mol. The molecular formula is C14H13Cl2NO2. The molecular weight excluding hydrogens is 285 g/mol. The molecule has 0 aliphatic carbocycles. The predicted octanol–water partition coefficient (Wildman–Crippen LogP) is 4.58. The van der Waals surface area contributed by atoms with Crippen molar-refractivity contribution >= 4 is 28.9 Å². The average Bonchev–Trinajstić information content (AvgIpc) is 2.25. The smallest absolute Gasteiger partial charge is 0.119 e. The van der Waals surface area contributed by atoms with Crippen LogP contribution in [0.4, 0.5) is 5.69 Å². The molecule has 2 aromatic rings. The first-order valence-corrected chi connectivity index (χ1v) is 6.45. The molecule has 2 rings (SSSR count). The molecule has 0 aliphatic heterocycles. The Morgan fingerprint density at radius 3 is 1.95 bits per heavy atom. The Hall–Kier alpha value is -1.58. The number of rotatable bonds is 3. The van der Waals surface area contributed by atoms with Gasteiger partial charge in [0.05, 0.1) is 0 Å². The van der Waals surface area contributed by atoms with Gasteiger partial charge in [0.25, 0.3) is 0 Å². The monoisotopic (exact) mass is 297 g/mol. The molecule has 5 heteroatoms. The molecule has 3 N–H and O–H groups in total. The van der Waals surface area contributed by atoms with Gasteiger partial charge in [0.1, 0.15) is 11.5 Å². The Balaban J connectivity index is 2.22. The van der Waals surface area contributed by atoms with E-state index in [1.807, 2.05) is 6.92 Å². The van der Waals surface area contributed by atoms with Crippen LogP contribution >= 0.6 is 23.2 Å². The molecule has 100 valence electrons. The Labute approximate surface area is 121 Å². The van der Waals surface area contributed by atoms with Gasteiger partial charge in [0, 0.05) is 27.8 Å². The summed E-state index contributed by atoms with van der Waals surface area (Å²) >= 11 is 11.9. The molecule has 0 aliphatic rings. The summed E-state index contributed by atoms with van der Waals surface area (Å²) in [7, 11) is 0. The van der Waals surface area contributed by atoms with Crippen LogP contribution in [-0.4, -0.2) is 10.2 Å². The van der Waals surface area contributed by atoms with Gasteiger partial charge in [-0.15, -0.1) is 0 Å². The second-order valence-corrected chi connectivity index (χ2v) is 5.18. The van der Waals surface area contributed by atoms with Gasteiger partial charge < -0.3 is 15.5 Å². The van der Waals surface area contributed by atoms with Crippen LogP contribution in [0.25, 0.3) is 0 Å². The summed E-state index contributed by atoms with van der Waals surface area (Å²) in [4.78, 5) is 0. The van der Waals surface area contributed by atoms with Crippen molar-refractivity contribution in [3.63, 3.8) is 0 Å².